The van der Waals surface area contributed by atoms with E-state index in [2.05, 4.69) is 15.9 Å². The zero-order chi connectivity index (χ0) is 14.0. The van der Waals surface area contributed by atoms with Crippen molar-refractivity contribution in [3.63, 3.8) is 0 Å². The number of furan rings is 1. The summed E-state index contributed by atoms with van der Waals surface area (Å²) in [5, 5.41) is 9.82. The van der Waals surface area contributed by atoms with Crippen LogP contribution in [-0.4, -0.2) is 23.0 Å². The average molecular weight is 324 g/mol. The molecule has 2 rings (SSSR count). The van der Waals surface area contributed by atoms with Crippen LogP contribution in [-0.2, 0) is 0 Å². The van der Waals surface area contributed by atoms with Crippen molar-refractivity contribution in [2.75, 3.05) is 7.05 Å². The lowest BCUT2D eigenvalue weighted by Crippen LogP contribution is -2.29. The fourth-order valence-electron chi connectivity index (χ4n) is 1.83. The second-order valence-electron chi connectivity index (χ2n) is 4.25. The van der Waals surface area contributed by atoms with Gasteiger partial charge >= 0.3 is 0 Å². The summed E-state index contributed by atoms with van der Waals surface area (Å²) in [5.74, 6) is 0.202. The minimum Gasteiger partial charge on any atom is -0.508 e. The van der Waals surface area contributed by atoms with Crippen LogP contribution in [0, 0.1) is 0 Å². The zero-order valence-electron chi connectivity index (χ0n) is 10.6. The minimum atomic E-state index is -0.252. The number of para-hydroxylation sites is 1. The number of benzene rings is 1. The van der Waals surface area contributed by atoms with Gasteiger partial charge < -0.3 is 14.4 Å². The minimum absolute atomic E-state index is 0.176. The Kier molecular flexibility index (Phi) is 3.95. The summed E-state index contributed by atoms with van der Waals surface area (Å²) in [7, 11) is 1.68. The normalized spacial score (nSPS) is 12.2. The molecule has 1 atom stereocenters. The van der Waals surface area contributed by atoms with Crippen molar-refractivity contribution < 1.29 is 14.3 Å². The van der Waals surface area contributed by atoms with E-state index in [4.69, 9.17) is 4.42 Å². The highest BCUT2D eigenvalue weighted by atomic mass is 79.9. The van der Waals surface area contributed by atoms with Gasteiger partial charge in [0.1, 0.15) is 5.75 Å². The Morgan fingerprint density at radius 3 is 2.58 bits per heavy atom. The third kappa shape index (κ3) is 2.81. The number of carbonyl (C=O) groups excluding carboxylic acids is 1. The molecule has 1 unspecified atom stereocenters. The van der Waals surface area contributed by atoms with Crippen LogP contribution in [0.25, 0.3) is 0 Å². The molecule has 1 N–H and O–H groups in total. The van der Waals surface area contributed by atoms with Crippen LogP contribution in [0.3, 0.4) is 0 Å². The van der Waals surface area contributed by atoms with E-state index in [-0.39, 0.29) is 23.5 Å². The monoisotopic (exact) mass is 323 g/mol. The molecule has 5 heteroatoms. The fraction of sp³-hybridized carbons (Fsp3) is 0.214. The van der Waals surface area contributed by atoms with Crippen molar-refractivity contribution in [2.24, 2.45) is 0 Å². The molecule has 4 nitrogen and oxygen atoms in total. The predicted octanol–water partition coefficient (Wildman–Crippen LogP) is 3.58. The van der Waals surface area contributed by atoms with Gasteiger partial charge in [-0.15, -0.1) is 0 Å². The molecule has 1 aromatic carbocycles. The van der Waals surface area contributed by atoms with Crippen molar-refractivity contribution in [1.82, 2.24) is 4.90 Å². The van der Waals surface area contributed by atoms with Gasteiger partial charge in [-0.25, -0.2) is 0 Å². The van der Waals surface area contributed by atoms with Gasteiger partial charge in [0, 0.05) is 12.6 Å². The van der Waals surface area contributed by atoms with Crippen LogP contribution in [0.2, 0.25) is 0 Å². The standard InChI is InChI=1S/C14H14BrNO3/c1-9(10-5-3-4-6-11(10)17)16(2)14(18)12-7-8-13(15)19-12/h3-9,17H,1-2H3. The topological polar surface area (TPSA) is 53.7 Å². The Morgan fingerprint density at radius 1 is 1.32 bits per heavy atom. The van der Waals surface area contributed by atoms with Crippen LogP contribution < -0.4 is 0 Å². The van der Waals surface area contributed by atoms with E-state index in [0.29, 0.717) is 10.2 Å². The lowest BCUT2D eigenvalue weighted by Gasteiger charge is -2.25. The zero-order valence-corrected chi connectivity index (χ0v) is 12.2. The average Bonchev–Trinajstić information content (AvgIpc) is 2.83. The smallest absolute Gasteiger partial charge is 0.289 e. The molecule has 19 heavy (non-hydrogen) atoms. The number of rotatable bonds is 3. The van der Waals surface area contributed by atoms with Gasteiger partial charge in [0.2, 0.25) is 0 Å². The van der Waals surface area contributed by atoms with Gasteiger partial charge in [0.05, 0.1) is 6.04 Å². The summed E-state index contributed by atoms with van der Waals surface area (Å²) in [6.45, 7) is 1.85. The van der Waals surface area contributed by atoms with E-state index < -0.39 is 0 Å². The van der Waals surface area contributed by atoms with Crippen molar-refractivity contribution in [2.45, 2.75) is 13.0 Å². The van der Waals surface area contributed by atoms with Gasteiger partial charge in [-0.3, -0.25) is 4.79 Å². The van der Waals surface area contributed by atoms with E-state index in [1.807, 2.05) is 13.0 Å². The van der Waals surface area contributed by atoms with E-state index in [1.165, 1.54) is 4.90 Å². The lowest BCUT2D eigenvalue weighted by molar-refractivity contribution is 0.0707. The predicted molar refractivity (Wildman–Crippen MR) is 75.0 cm³/mol. The second-order valence-corrected chi connectivity index (χ2v) is 5.04. The Balaban J connectivity index is 2.22. The molecule has 2 aromatic rings. The number of hydrogen-bond donors (Lipinski definition) is 1. The molecular weight excluding hydrogens is 310 g/mol. The highest BCUT2D eigenvalue weighted by Gasteiger charge is 2.22. The highest BCUT2D eigenvalue weighted by molar-refractivity contribution is 9.10. The van der Waals surface area contributed by atoms with Gasteiger partial charge in [0.15, 0.2) is 10.4 Å². The van der Waals surface area contributed by atoms with Crippen LogP contribution >= 0.6 is 15.9 Å². The molecule has 1 aromatic heterocycles. The summed E-state index contributed by atoms with van der Waals surface area (Å²) in [5.41, 5.74) is 0.698. The van der Waals surface area contributed by atoms with Crippen LogP contribution in [0.5, 0.6) is 5.75 Å². The molecule has 0 radical (unpaired) electrons. The number of hydrogen-bond acceptors (Lipinski definition) is 3. The number of halogens is 1. The van der Waals surface area contributed by atoms with Gasteiger partial charge in [0.25, 0.3) is 5.91 Å². The van der Waals surface area contributed by atoms with E-state index in [9.17, 15) is 9.90 Å². The Bertz CT molecular complexity index is 594. The number of nitrogens with zero attached hydrogens (tertiary/aromatic N) is 1. The fourth-order valence-corrected chi connectivity index (χ4v) is 2.13. The third-order valence-corrected chi connectivity index (χ3v) is 3.50. The summed E-state index contributed by atoms with van der Waals surface area (Å²) in [6.07, 6.45) is 0. The number of aromatic hydroxyl groups is 1. The lowest BCUT2D eigenvalue weighted by atomic mass is 10.1. The molecule has 0 spiro atoms. The number of carbonyl (C=O) groups is 1. The Labute approximate surface area is 119 Å². The SMILES string of the molecule is CC(c1ccccc1O)N(C)C(=O)c1ccc(Br)o1. The van der Waals surface area contributed by atoms with Crippen molar-refractivity contribution in [1.29, 1.82) is 0 Å². The number of amides is 1. The van der Waals surface area contributed by atoms with Crippen LogP contribution in [0.1, 0.15) is 29.1 Å². The van der Waals surface area contributed by atoms with E-state index in [0.717, 1.165) is 0 Å². The van der Waals surface area contributed by atoms with Crippen LogP contribution in [0.4, 0.5) is 0 Å². The van der Waals surface area contributed by atoms with Gasteiger partial charge in [-0.2, -0.15) is 0 Å². The molecule has 0 saturated carbocycles. The maximum atomic E-state index is 12.2. The second kappa shape index (κ2) is 5.48. The van der Waals surface area contributed by atoms with Crippen molar-refractivity contribution >= 4 is 21.8 Å². The maximum absolute atomic E-state index is 12.2. The van der Waals surface area contributed by atoms with E-state index >= 15 is 0 Å². The summed E-state index contributed by atoms with van der Waals surface area (Å²) in [4.78, 5) is 13.7. The van der Waals surface area contributed by atoms with Gasteiger partial charge in [-0.1, -0.05) is 18.2 Å². The first-order valence-electron chi connectivity index (χ1n) is 5.81. The van der Waals surface area contributed by atoms with Crippen LogP contribution in [0.15, 0.2) is 45.5 Å². The Morgan fingerprint density at radius 2 is 2.00 bits per heavy atom. The van der Waals surface area contributed by atoms with Gasteiger partial charge in [-0.05, 0) is 41.1 Å². The first kappa shape index (κ1) is 13.7. The summed E-state index contributed by atoms with van der Waals surface area (Å²) < 4.78 is 5.76. The third-order valence-electron chi connectivity index (χ3n) is 3.07. The molecule has 0 aliphatic heterocycles. The first-order chi connectivity index (χ1) is 9.00. The van der Waals surface area contributed by atoms with E-state index in [1.54, 1.807) is 37.4 Å². The number of phenolic OH excluding ortho intramolecular Hbond substituents is 1. The molecule has 100 valence electrons. The maximum Gasteiger partial charge on any atom is 0.289 e. The summed E-state index contributed by atoms with van der Waals surface area (Å²) in [6, 6.07) is 10.0. The molecule has 0 fully saturated rings. The molecule has 1 amide bonds. The largest absolute Gasteiger partial charge is 0.508 e. The molecule has 0 aliphatic rings. The molecule has 0 saturated heterocycles. The quantitative estimate of drug-likeness (QED) is 0.939. The highest BCUT2D eigenvalue weighted by Crippen LogP contribution is 2.28. The molecule has 0 aliphatic carbocycles. The number of phenols is 1. The van der Waals surface area contributed by atoms with Crippen molar-refractivity contribution in [3.8, 4) is 5.75 Å². The first-order valence-corrected chi connectivity index (χ1v) is 6.60. The summed E-state index contributed by atoms with van der Waals surface area (Å²) >= 11 is 3.17. The molecule has 0 bridgehead atoms. The molecule has 1 heterocycles. The Hall–Kier alpha value is -1.75. The molecular formula is C14H14BrNO3. The van der Waals surface area contributed by atoms with Crippen molar-refractivity contribution in [3.05, 3.63) is 52.4 Å².